The number of ether oxygens (including phenoxy) is 2. The molecule has 0 bridgehead atoms. The zero-order valence-electron chi connectivity index (χ0n) is 15.2. The van der Waals surface area contributed by atoms with Crippen LogP contribution >= 0.6 is 11.6 Å². The molecule has 0 spiro atoms. The zero-order valence-corrected chi connectivity index (χ0v) is 16.0. The van der Waals surface area contributed by atoms with Gasteiger partial charge in [-0.05, 0) is 48.9 Å². The summed E-state index contributed by atoms with van der Waals surface area (Å²) in [5, 5.41) is 18.5. The van der Waals surface area contributed by atoms with Crippen LogP contribution in [-0.2, 0) is 4.79 Å². The number of rotatable bonds is 7. The number of nitrogens with one attached hydrogen (secondary N) is 1. The third-order valence-corrected chi connectivity index (χ3v) is 4.08. The molecule has 0 aliphatic carbocycles. The van der Waals surface area contributed by atoms with Gasteiger partial charge in [0.2, 0.25) is 0 Å². The molecule has 9 heteroatoms. The molecule has 7 nitrogen and oxygen atoms in total. The summed E-state index contributed by atoms with van der Waals surface area (Å²) in [6, 6.07) is 9.23. The molecule has 0 unspecified atom stereocenters. The number of allylic oxidation sites excluding steroid dienone is 1. The predicted octanol–water partition coefficient (Wildman–Crippen LogP) is 4.28. The summed E-state index contributed by atoms with van der Waals surface area (Å²) in [5.41, 5.74) is 1.70. The first-order valence-corrected chi connectivity index (χ1v) is 8.87. The number of carbonyl (C=O) groups is 1. The van der Waals surface area contributed by atoms with E-state index in [1.807, 2.05) is 6.07 Å². The first-order chi connectivity index (χ1) is 13.9. The van der Waals surface area contributed by atoms with Crippen LogP contribution in [0.2, 0.25) is 5.02 Å². The minimum atomic E-state index is -1.15. The minimum absolute atomic E-state index is 0.103. The number of aromatic nitrogens is 2. The summed E-state index contributed by atoms with van der Waals surface area (Å²) in [5.74, 6) is -0.948. The van der Waals surface area contributed by atoms with Crippen LogP contribution in [0.1, 0.15) is 18.3 Å². The van der Waals surface area contributed by atoms with Crippen LogP contribution in [0.4, 0.5) is 4.39 Å². The maximum atomic E-state index is 13.4. The van der Waals surface area contributed by atoms with Crippen molar-refractivity contribution in [3.05, 3.63) is 52.6 Å². The van der Waals surface area contributed by atoms with Crippen LogP contribution in [0.5, 0.6) is 11.5 Å². The summed E-state index contributed by atoms with van der Waals surface area (Å²) in [6.07, 6.45) is 1.53. The van der Waals surface area contributed by atoms with Gasteiger partial charge in [0.15, 0.2) is 18.1 Å². The van der Waals surface area contributed by atoms with Gasteiger partial charge >= 0.3 is 5.97 Å². The van der Waals surface area contributed by atoms with E-state index < -0.39 is 18.4 Å². The number of aromatic amines is 1. The molecular formula is C20H15ClFN3O4. The molecule has 0 aliphatic heterocycles. The van der Waals surface area contributed by atoms with Crippen LogP contribution in [0, 0.1) is 17.1 Å². The fourth-order valence-electron chi connectivity index (χ4n) is 2.64. The second-order valence-corrected chi connectivity index (χ2v) is 6.27. The maximum absolute atomic E-state index is 13.4. The Hall–Kier alpha value is -3.57. The van der Waals surface area contributed by atoms with Gasteiger partial charge < -0.3 is 19.6 Å². The molecule has 2 aromatic carbocycles. The number of H-pyrrole nitrogens is 1. The van der Waals surface area contributed by atoms with Crippen LogP contribution in [0.25, 0.3) is 22.7 Å². The largest absolute Gasteiger partial charge is 0.490 e. The highest BCUT2D eigenvalue weighted by molar-refractivity contribution is 6.32. The monoisotopic (exact) mass is 415 g/mol. The molecule has 1 heterocycles. The number of nitrogens with zero attached hydrogens (tertiary/aromatic N) is 2. The number of carboxylic acid groups (broad SMARTS) is 1. The van der Waals surface area contributed by atoms with E-state index in [4.69, 9.17) is 26.2 Å². The molecule has 0 fully saturated rings. The number of benzene rings is 2. The van der Waals surface area contributed by atoms with E-state index >= 15 is 0 Å². The van der Waals surface area contributed by atoms with E-state index in [1.54, 1.807) is 13.0 Å². The van der Waals surface area contributed by atoms with Gasteiger partial charge in [0, 0.05) is 0 Å². The summed E-state index contributed by atoms with van der Waals surface area (Å²) >= 11 is 6.23. The molecule has 0 saturated heterocycles. The lowest BCUT2D eigenvalue weighted by atomic mass is 10.1. The molecule has 1 aromatic heterocycles. The topological polar surface area (TPSA) is 108 Å². The number of hydrogen-bond donors (Lipinski definition) is 2. The molecule has 148 valence electrons. The van der Waals surface area contributed by atoms with Crippen molar-refractivity contribution in [2.75, 3.05) is 13.2 Å². The van der Waals surface area contributed by atoms with Crippen molar-refractivity contribution in [1.29, 1.82) is 5.26 Å². The number of imidazole rings is 1. The standard InChI is InChI=1S/C20H15ClFN3O4/c1-2-28-17-7-11(6-14(21)19(17)29-10-18(26)27)5-12(9-23)20-24-15-4-3-13(22)8-16(15)25-20/h3-8H,2,10H2,1H3,(H,24,25)(H,26,27)/b12-5-. The predicted molar refractivity (Wildman–Crippen MR) is 105 cm³/mol. The molecule has 2 N–H and O–H groups in total. The molecule has 0 aliphatic rings. The smallest absolute Gasteiger partial charge is 0.341 e. The van der Waals surface area contributed by atoms with E-state index in [0.717, 1.165) is 0 Å². The Morgan fingerprint density at radius 3 is 2.86 bits per heavy atom. The lowest BCUT2D eigenvalue weighted by Crippen LogP contribution is -2.10. The molecule has 0 amide bonds. The van der Waals surface area contributed by atoms with Gasteiger partial charge in [-0.25, -0.2) is 14.2 Å². The third-order valence-electron chi connectivity index (χ3n) is 3.80. The molecule has 3 aromatic rings. The normalized spacial score (nSPS) is 11.3. The SMILES string of the molecule is CCOc1cc(/C=C(/C#N)c2nc3ccc(F)cc3[nH]2)cc(Cl)c1OCC(=O)O. The molecule has 0 radical (unpaired) electrons. The van der Waals surface area contributed by atoms with Crippen LogP contribution in [0.3, 0.4) is 0 Å². The van der Waals surface area contributed by atoms with E-state index in [1.165, 1.54) is 30.3 Å². The van der Waals surface area contributed by atoms with E-state index in [-0.39, 0.29) is 27.9 Å². The summed E-state index contributed by atoms with van der Waals surface area (Å²) < 4.78 is 24.1. The Labute approximate surface area is 170 Å². The first-order valence-electron chi connectivity index (χ1n) is 8.49. The van der Waals surface area contributed by atoms with Crippen molar-refractivity contribution in [3.8, 4) is 17.6 Å². The first kappa shape index (κ1) is 20.2. The number of nitriles is 1. The summed E-state index contributed by atoms with van der Waals surface area (Å²) in [7, 11) is 0. The van der Waals surface area contributed by atoms with E-state index in [0.29, 0.717) is 23.2 Å². The highest BCUT2D eigenvalue weighted by atomic mass is 35.5. The zero-order chi connectivity index (χ0) is 21.0. The van der Waals surface area contributed by atoms with E-state index in [9.17, 15) is 14.4 Å². The Morgan fingerprint density at radius 1 is 1.38 bits per heavy atom. The lowest BCUT2D eigenvalue weighted by Gasteiger charge is -2.13. The Bertz CT molecular complexity index is 1150. The van der Waals surface area contributed by atoms with Crippen LogP contribution < -0.4 is 9.47 Å². The summed E-state index contributed by atoms with van der Waals surface area (Å²) in [6.45, 7) is 1.48. The van der Waals surface area contributed by atoms with Gasteiger partial charge in [0.1, 0.15) is 17.7 Å². The minimum Gasteiger partial charge on any atom is -0.490 e. The maximum Gasteiger partial charge on any atom is 0.341 e. The average molecular weight is 416 g/mol. The average Bonchev–Trinajstić information content (AvgIpc) is 3.08. The van der Waals surface area contributed by atoms with Gasteiger partial charge in [0.25, 0.3) is 0 Å². The Kier molecular flexibility index (Phi) is 6.00. The number of aliphatic carboxylic acids is 1. The van der Waals surface area contributed by atoms with Crippen molar-refractivity contribution in [2.45, 2.75) is 6.92 Å². The molecule has 3 rings (SSSR count). The fourth-order valence-corrected chi connectivity index (χ4v) is 2.91. The number of halogens is 2. The summed E-state index contributed by atoms with van der Waals surface area (Å²) in [4.78, 5) is 18.0. The van der Waals surface area contributed by atoms with Gasteiger partial charge in [-0.1, -0.05) is 11.6 Å². The van der Waals surface area contributed by atoms with Crippen molar-refractivity contribution in [1.82, 2.24) is 9.97 Å². The van der Waals surface area contributed by atoms with E-state index in [2.05, 4.69) is 9.97 Å². The second kappa shape index (κ2) is 8.63. The highest BCUT2D eigenvalue weighted by Gasteiger charge is 2.15. The lowest BCUT2D eigenvalue weighted by molar-refractivity contribution is -0.139. The number of fused-ring (bicyclic) bond motifs is 1. The molecule has 0 atom stereocenters. The van der Waals surface area contributed by atoms with Crippen molar-refractivity contribution < 1.29 is 23.8 Å². The number of hydrogen-bond acceptors (Lipinski definition) is 5. The molecular weight excluding hydrogens is 401 g/mol. The Balaban J connectivity index is 2.01. The second-order valence-electron chi connectivity index (χ2n) is 5.86. The van der Waals surface area contributed by atoms with Gasteiger partial charge in [-0.15, -0.1) is 0 Å². The van der Waals surface area contributed by atoms with Gasteiger partial charge in [-0.2, -0.15) is 5.26 Å². The van der Waals surface area contributed by atoms with Gasteiger partial charge in [-0.3, -0.25) is 0 Å². The fraction of sp³-hybridized carbons (Fsp3) is 0.150. The molecule has 29 heavy (non-hydrogen) atoms. The Morgan fingerprint density at radius 2 is 2.17 bits per heavy atom. The van der Waals surface area contributed by atoms with Crippen molar-refractivity contribution >= 4 is 40.3 Å². The van der Waals surface area contributed by atoms with Crippen molar-refractivity contribution in [2.24, 2.45) is 0 Å². The third kappa shape index (κ3) is 4.65. The quantitative estimate of drug-likeness (QED) is 0.557. The van der Waals surface area contributed by atoms with Crippen LogP contribution in [0.15, 0.2) is 30.3 Å². The van der Waals surface area contributed by atoms with Gasteiger partial charge in [0.05, 0.1) is 28.2 Å². The van der Waals surface area contributed by atoms with Crippen LogP contribution in [-0.4, -0.2) is 34.3 Å². The highest BCUT2D eigenvalue weighted by Crippen LogP contribution is 2.37. The van der Waals surface area contributed by atoms with Crippen molar-refractivity contribution in [3.63, 3.8) is 0 Å². The number of carboxylic acids is 1. The molecule has 0 saturated carbocycles.